The molecule has 29 heavy (non-hydrogen) atoms. The van der Waals surface area contributed by atoms with Crippen molar-refractivity contribution in [3.05, 3.63) is 30.5 Å². The first-order chi connectivity index (χ1) is 13.9. The molecule has 0 atom stereocenters. The first kappa shape index (κ1) is 20.4. The van der Waals surface area contributed by atoms with E-state index >= 15 is 0 Å². The first-order valence-electron chi connectivity index (χ1n) is 10.5. The molecule has 1 aromatic carbocycles. The lowest BCUT2D eigenvalue weighted by molar-refractivity contribution is -0.131. The van der Waals surface area contributed by atoms with Crippen molar-refractivity contribution in [1.82, 2.24) is 19.5 Å². The average molecular weight is 414 g/mol. The summed E-state index contributed by atoms with van der Waals surface area (Å²) in [6.07, 6.45) is 4.37. The Hall–Kier alpha value is -1.83. The molecule has 2 fully saturated rings. The SMILES string of the molecule is CC(C)(C)NCC(=O)N1CCN(Sc2cccc3c(NC4CC4)nccc23)CC1. The summed E-state index contributed by atoms with van der Waals surface area (Å²) >= 11 is 1.79. The molecule has 2 N–H and O–H groups in total. The molecule has 2 aromatic rings. The van der Waals surface area contributed by atoms with Crippen molar-refractivity contribution in [2.75, 3.05) is 38.0 Å². The predicted molar refractivity (Wildman–Crippen MR) is 120 cm³/mol. The summed E-state index contributed by atoms with van der Waals surface area (Å²) in [7, 11) is 0. The fourth-order valence-electron chi connectivity index (χ4n) is 3.41. The van der Waals surface area contributed by atoms with E-state index in [9.17, 15) is 4.79 Å². The van der Waals surface area contributed by atoms with Gasteiger partial charge in [-0.1, -0.05) is 12.1 Å². The fourth-order valence-corrected chi connectivity index (χ4v) is 4.45. The maximum absolute atomic E-state index is 12.4. The van der Waals surface area contributed by atoms with Crippen LogP contribution in [-0.2, 0) is 4.79 Å². The lowest BCUT2D eigenvalue weighted by Gasteiger charge is -2.34. The number of carbonyl (C=O) groups is 1. The molecule has 2 heterocycles. The molecule has 0 spiro atoms. The van der Waals surface area contributed by atoms with Crippen LogP contribution in [0.1, 0.15) is 33.6 Å². The molecular formula is C22H31N5OS. The number of anilines is 1. The van der Waals surface area contributed by atoms with Gasteiger partial charge in [0.2, 0.25) is 5.91 Å². The van der Waals surface area contributed by atoms with E-state index < -0.39 is 0 Å². The molecule has 0 unspecified atom stereocenters. The molecule has 156 valence electrons. The quantitative estimate of drug-likeness (QED) is 0.709. The highest BCUT2D eigenvalue weighted by molar-refractivity contribution is 7.97. The highest BCUT2D eigenvalue weighted by Gasteiger charge is 2.24. The van der Waals surface area contributed by atoms with E-state index in [0.29, 0.717) is 12.6 Å². The number of hydrogen-bond acceptors (Lipinski definition) is 6. The zero-order valence-electron chi connectivity index (χ0n) is 17.6. The molecule has 1 saturated carbocycles. The normalized spacial score (nSPS) is 18.2. The zero-order valence-corrected chi connectivity index (χ0v) is 18.4. The molecule has 2 aliphatic rings. The van der Waals surface area contributed by atoms with Crippen LogP contribution in [0, 0.1) is 0 Å². The lowest BCUT2D eigenvalue weighted by atomic mass is 10.1. The van der Waals surface area contributed by atoms with E-state index in [2.05, 4.69) is 65.0 Å². The largest absolute Gasteiger partial charge is 0.367 e. The van der Waals surface area contributed by atoms with Gasteiger partial charge in [0.15, 0.2) is 0 Å². The van der Waals surface area contributed by atoms with Crippen LogP contribution in [0.25, 0.3) is 10.8 Å². The molecule has 0 bridgehead atoms. The Bertz CT molecular complexity index is 869. The summed E-state index contributed by atoms with van der Waals surface area (Å²) in [4.78, 5) is 20.2. The Morgan fingerprint density at radius 1 is 1.14 bits per heavy atom. The van der Waals surface area contributed by atoms with Gasteiger partial charge < -0.3 is 15.5 Å². The highest BCUT2D eigenvalue weighted by Crippen LogP contribution is 2.34. The van der Waals surface area contributed by atoms with E-state index in [0.717, 1.165) is 32.0 Å². The van der Waals surface area contributed by atoms with Gasteiger partial charge in [-0.05, 0) is 57.7 Å². The minimum atomic E-state index is -0.0379. The van der Waals surface area contributed by atoms with Gasteiger partial charge in [0.1, 0.15) is 5.82 Å². The third-order valence-electron chi connectivity index (χ3n) is 5.27. The summed E-state index contributed by atoms with van der Waals surface area (Å²) < 4.78 is 2.37. The van der Waals surface area contributed by atoms with Gasteiger partial charge >= 0.3 is 0 Å². The van der Waals surface area contributed by atoms with Crippen LogP contribution in [0.5, 0.6) is 0 Å². The van der Waals surface area contributed by atoms with Crippen LogP contribution in [0.4, 0.5) is 5.82 Å². The van der Waals surface area contributed by atoms with E-state index in [1.807, 2.05) is 11.1 Å². The number of carbonyl (C=O) groups excluding carboxylic acids is 1. The third kappa shape index (κ3) is 5.41. The lowest BCUT2D eigenvalue weighted by Crippen LogP contribution is -2.50. The number of fused-ring (bicyclic) bond motifs is 1. The summed E-state index contributed by atoms with van der Waals surface area (Å²) in [6.45, 7) is 9.96. The monoisotopic (exact) mass is 413 g/mol. The van der Waals surface area contributed by atoms with Crippen LogP contribution in [0.15, 0.2) is 35.4 Å². The molecule has 1 amide bonds. The van der Waals surface area contributed by atoms with Gasteiger partial charge in [0.25, 0.3) is 0 Å². The summed E-state index contributed by atoms with van der Waals surface area (Å²) in [5.41, 5.74) is -0.0379. The summed E-state index contributed by atoms with van der Waals surface area (Å²) in [6, 6.07) is 9.13. The topological polar surface area (TPSA) is 60.5 Å². The minimum absolute atomic E-state index is 0.0379. The third-order valence-corrected chi connectivity index (χ3v) is 6.45. The molecule has 1 aromatic heterocycles. The second-order valence-corrected chi connectivity index (χ2v) is 10.1. The number of aromatic nitrogens is 1. The van der Waals surface area contributed by atoms with Crippen molar-refractivity contribution in [2.45, 2.75) is 50.1 Å². The summed E-state index contributed by atoms with van der Waals surface area (Å²) in [5, 5.41) is 9.26. The molecule has 4 rings (SSSR count). The Balaban J connectivity index is 1.37. The first-order valence-corrected chi connectivity index (χ1v) is 11.3. The van der Waals surface area contributed by atoms with E-state index in [-0.39, 0.29) is 11.4 Å². The Labute approximate surface area is 177 Å². The average Bonchev–Trinajstić information content (AvgIpc) is 3.51. The number of pyridine rings is 1. The number of nitrogens with zero attached hydrogens (tertiary/aromatic N) is 3. The van der Waals surface area contributed by atoms with E-state index in [4.69, 9.17) is 0 Å². The van der Waals surface area contributed by atoms with Gasteiger partial charge in [-0.25, -0.2) is 9.29 Å². The van der Waals surface area contributed by atoms with Crippen molar-refractivity contribution < 1.29 is 4.79 Å². The maximum Gasteiger partial charge on any atom is 0.236 e. The van der Waals surface area contributed by atoms with Crippen molar-refractivity contribution in [2.24, 2.45) is 0 Å². The smallest absolute Gasteiger partial charge is 0.236 e. The van der Waals surface area contributed by atoms with Gasteiger partial charge in [0, 0.05) is 59.6 Å². The van der Waals surface area contributed by atoms with Crippen LogP contribution in [-0.4, -0.2) is 64.4 Å². The maximum atomic E-state index is 12.4. The van der Waals surface area contributed by atoms with Gasteiger partial charge in [-0.15, -0.1) is 0 Å². The van der Waals surface area contributed by atoms with Gasteiger partial charge in [0.05, 0.1) is 6.54 Å². The van der Waals surface area contributed by atoms with Crippen molar-refractivity contribution >= 4 is 34.4 Å². The van der Waals surface area contributed by atoms with Crippen LogP contribution in [0.3, 0.4) is 0 Å². The molecule has 1 aliphatic carbocycles. The Morgan fingerprint density at radius 3 is 2.59 bits per heavy atom. The second kappa shape index (κ2) is 8.50. The van der Waals surface area contributed by atoms with Gasteiger partial charge in [-0.3, -0.25) is 4.79 Å². The molecule has 7 heteroatoms. The molecule has 1 aliphatic heterocycles. The number of piperazine rings is 1. The summed E-state index contributed by atoms with van der Waals surface area (Å²) in [5.74, 6) is 1.19. The minimum Gasteiger partial charge on any atom is -0.367 e. The van der Waals surface area contributed by atoms with E-state index in [1.165, 1.54) is 28.5 Å². The standard InChI is InChI=1S/C22H31N5OS/c1-22(2,3)24-15-20(28)26-11-13-27(14-12-26)29-19-6-4-5-18-17(19)9-10-23-21(18)25-16-7-8-16/h4-6,9-10,16,24H,7-8,11-15H2,1-3H3,(H,23,25). The second-order valence-electron chi connectivity index (χ2n) is 8.93. The number of rotatable bonds is 6. The Morgan fingerprint density at radius 2 is 1.90 bits per heavy atom. The van der Waals surface area contributed by atoms with Crippen molar-refractivity contribution in [3.63, 3.8) is 0 Å². The molecule has 6 nitrogen and oxygen atoms in total. The van der Waals surface area contributed by atoms with Crippen LogP contribution >= 0.6 is 11.9 Å². The fraction of sp³-hybridized carbons (Fsp3) is 0.545. The molecular weight excluding hydrogens is 382 g/mol. The number of hydrogen-bond donors (Lipinski definition) is 2. The number of benzene rings is 1. The van der Waals surface area contributed by atoms with E-state index in [1.54, 1.807) is 11.9 Å². The van der Waals surface area contributed by atoms with Crippen LogP contribution in [0.2, 0.25) is 0 Å². The number of amides is 1. The van der Waals surface area contributed by atoms with Crippen LogP contribution < -0.4 is 10.6 Å². The predicted octanol–water partition coefficient (Wildman–Crippen LogP) is 3.35. The zero-order chi connectivity index (χ0) is 20.4. The molecule has 1 saturated heterocycles. The highest BCUT2D eigenvalue weighted by atomic mass is 32.2. The van der Waals surface area contributed by atoms with Crippen molar-refractivity contribution in [1.29, 1.82) is 0 Å². The van der Waals surface area contributed by atoms with Crippen molar-refractivity contribution in [3.8, 4) is 0 Å². The number of nitrogens with one attached hydrogen (secondary N) is 2. The van der Waals surface area contributed by atoms with Gasteiger partial charge in [-0.2, -0.15) is 0 Å². The molecule has 0 radical (unpaired) electrons. The Kier molecular flexibility index (Phi) is 5.99.